The van der Waals surface area contributed by atoms with Crippen LogP contribution in [0.25, 0.3) is 21.7 Å². The van der Waals surface area contributed by atoms with Crippen molar-refractivity contribution in [1.82, 2.24) is 0 Å². The van der Waals surface area contributed by atoms with Crippen molar-refractivity contribution in [2.24, 2.45) is 0 Å². The highest BCUT2D eigenvalue weighted by Crippen LogP contribution is 2.22. The van der Waals surface area contributed by atoms with Crippen LogP contribution in [0.4, 0.5) is 5.69 Å². The predicted octanol–water partition coefficient (Wildman–Crippen LogP) is 4.24. The van der Waals surface area contributed by atoms with Crippen LogP contribution in [-0.4, -0.2) is 4.92 Å². The molecule has 3 aromatic carbocycles. The van der Waals surface area contributed by atoms with E-state index in [4.69, 9.17) is 0 Å². The second kappa shape index (κ2) is 5.74. The number of nitro benzene ring substituents is 1. The number of nitrogens with zero attached hydrogens (tertiary/aromatic N) is 2. The van der Waals surface area contributed by atoms with Crippen molar-refractivity contribution in [3.63, 3.8) is 0 Å². The summed E-state index contributed by atoms with van der Waals surface area (Å²) >= 11 is 0. The molecule has 4 aromatic rings. The van der Waals surface area contributed by atoms with Gasteiger partial charge in [0.1, 0.15) is 0 Å². The second-order valence-corrected chi connectivity index (χ2v) is 5.78. The maximum atomic E-state index is 10.8. The molecule has 4 nitrogen and oxygen atoms in total. The maximum Gasteiger partial charge on any atom is 0.269 e. The molecule has 0 N–H and O–H groups in total. The Kier molecular flexibility index (Phi) is 3.43. The zero-order valence-electron chi connectivity index (χ0n) is 12.9. The third-order valence-corrected chi connectivity index (χ3v) is 4.26. The van der Waals surface area contributed by atoms with Gasteiger partial charge in [-0.25, -0.2) is 0 Å². The molecule has 0 aliphatic rings. The zero-order valence-corrected chi connectivity index (χ0v) is 12.9. The van der Waals surface area contributed by atoms with E-state index >= 15 is 0 Å². The summed E-state index contributed by atoms with van der Waals surface area (Å²) in [5.74, 6) is 0. The zero-order chi connectivity index (χ0) is 16.5. The molecule has 116 valence electrons. The van der Waals surface area contributed by atoms with Gasteiger partial charge in [0.05, 0.1) is 10.3 Å². The lowest BCUT2D eigenvalue weighted by atomic mass is 10.1. The fraction of sp³-hybridized carbons (Fsp3) is 0.0500. The molecule has 0 bridgehead atoms. The van der Waals surface area contributed by atoms with Crippen LogP contribution in [0.3, 0.4) is 0 Å². The number of aromatic nitrogens is 1. The summed E-state index contributed by atoms with van der Waals surface area (Å²) in [4.78, 5) is 10.4. The van der Waals surface area contributed by atoms with Gasteiger partial charge in [-0.2, -0.15) is 4.57 Å². The molecule has 24 heavy (non-hydrogen) atoms. The van der Waals surface area contributed by atoms with E-state index in [1.54, 1.807) is 12.1 Å². The lowest BCUT2D eigenvalue weighted by Gasteiger charge is -2.05. The standard InChI is InChI=1S/C20H15N2O2/c23-22(24)18-11-7-15(8-12-18)14-21-13-3-5-17-10-9-16-4-1-2-6-19(16)20(17)21/h1-13H,14H2/q+1. The quantitative estimate of drug-likeness (QED) is 0.246. The summed E-state index contributed by atoms with van der Waals surface area (Å²) in [6.07, 6.45) is 2.05. The monoisotopic (exact) mass is 315 g/mol. The third kappa shape index (κ3) is 2.48. The molecule has 0 aliphatic heterocycles. The molecular weight excluding hydrogens is 300 g/mol. The van der Waals surface area contributed by atoms with Crippen LogP contribution in [-0.2, 0) is 6.54 Å². The first-order valence-corrected chi connectivity index (χ1v) is 7.76. The summed E-state index contributed by atoms with van der Waals surface area (Å²) in [5.41, 5.74) is 2.33. The highest BCUT2D eigenvalue weighted by Gasteiger charge is 2.13. The van der Waals surface area contributed by atoms with Gasteiger partial charge in [0.15, 0.2) is 12.7 Å². The van der Waals surface area contributed by atoms with Crippen LogP contribution < -0.4 is 4.57 Å². The van der Waals surface area contributed by atoms with E-state index in [-0.39, 0.29) is 10.6 Å². The number of rotatable bonds is 3. The molecular formula is C20H15N2O2+. The summed E-state index contributed by atoms with van der Waals surface area (Å²) in [5, 5.41) is 14.4. The molecule has 0 saturated carbocycles. The van der Waals surface area contributed by atoms with E-state index in [0.717, 1.165) is 5.56 Å². The van der Waals surface area contributed by atoms with Gasteiger partial charge >= 0.3 is 0 Å². The smallest absolute Gasteiger partial charge is 0.258 e. The molecule has 1 heterocycles. The molecule has 4 rings (SSSR count). The van der Waals surface area contributed by atoms with Crippen LogP contribution >= 0.6 is 0 Å². The number of benzene rings is 3. The lowest BCUT2D eigenvalue weighted by molar-refractivity contribution is -0.661. The van der Waals surface area contributed by atoms with Crippen molar-refractivity contribution in [2.45, 2.75) is 6.54 Å². The average molecular weight is 315 g/mol. The Morgan fingerprint density at radius 3 is 2.33 bits per heavy atom. The number of fused-ring (bicyclic) bond motifs is 3. The molecule has 0 spiro atoms. The number of non-ortho nitro benzene ring substituents is 1. The fourth-order valence-corrected chi connectivity index (χ4v) is 3.10. The van der Waals surface area contributed by atoms with E-state index in [1.165, 1.54) is 21.7 Å². The second-order valence-electron chi connectivity index (χ2n) is 5.78. The highest BCUT2D eigenvalue weighted by molar-refractivity contribution is 6.03. The molecule has 0 aliphatic carbocycles. The van der Waals surface area contributed by atoms with Crippen molar-refractivity contribution >= 4 is 27.4 Å². The molecule has 4 heteroatoms. The van der Waals surface area contributed by atoms with E-state index in [9.17, 15) is 10.1 Å². The van der Waals surface area contributed by atoms with Crippen LogP contribution in [0.15, 0.2) is 79.0 Å². The molecule has 0 unspecified atom stereocenters. The van der Waals surface area contributed by atoms with E-state index in [1.807, 2.05) is 30.3 Å². The van der Waals surface area contributed by atoms with Gasteiger partial charge in [-0.05, 0) is 35.7 Å². The van der Waals surface area contributed by atoms with E-state index in [0.29, 0.717) is 6.54 Å². The lowest BCUT2D eigenvalue weighted by Crippen LogP contribution is -2.34. The predicted molar refractivity (Wildman–Crippen MR) is 93.8 cm³/mol. The van der Waals surface area contributed by atoms with E-state index in [2.05, 4.69) is 41.1 Å². The Hall–Kier alpha value is -3.27. The number of hydrogen-bond acceptors (Lipinski definition) is 2. The van der Waals surface area contributed by atoms with Gasteiger partial charge in [0.25, 0.3) is 5.69 Å². The van der Waals surface area contributed by atoms with Gasteiger partial charge in [-0.3, -0.25) is 10.1 Å². The Labute approximate surface area is 138 Å². The van der Waals surface area contributed by atoms with Crippen LogP contribution in [0.2, 0.25) is 0 Å². The van der Waals surface area contributed by atoms with E-state index < -0.39 is 0 Å². The first-order valence-electron chi connectivity index (χ1n) is 7.76. The van der Waals surface area contributed by atoms with Crippen LogP contribution in [0.1, 0.15) is 5.56 Å². The summed E-state index contributed by atoms with van der Waals surface area (Å²) < 4.78 is 2.19. The fourth-order valence-electron chi connectivity index (χ4n) is 3.10. The Morgan fingerprint density at radius 2 is 1.54 bits per heavy atom. The average Bonchev–Trinajstić information content (AvgIpc) is 2.62. The minimum absolute atomic E-state index is 0.118. The first kappa shape index (κ1) is 14.3. The van der Waals surface area contributed by atoms with Gasteiger partial charge in [-0.15, -0.1) is 0 Å². The molecule has 1 aromatic heterocycles. The van der Waals surface area contributed by atoms with Crippen molar-refractivity contribution in [3.8, 4) is 0 Å². The number of hydrogen-bond donors (Lipinski definition) is 0. The molecule has 0 amide bonds. The highest BCUT2D eigenvalue weighted by atomic mass is 16.6. The minimum atomic E-state index is -0.373. The Morgan fingerprint density at radius 1 is 0.833 bits per heavy atom. The molecule has 0 saturated heterocycles. The first-order chi connectivity index (χ1) is 11.7. The molecule has 0 fully saturated rings. The third-order valence-electron chi connectivity index (χ3n) is 4.26. The molecule has 0 radical (unpaired) electrons. The SMILES string of the molecule is O=[N+]([O-])c1ccc(C[n+]2cccc3ccc4ccccc4c32)cc1. The van der Waals surface area contributed by atoms with Gasteiger partial charge in [0.2, 0.25) is 5.52 Å². The molecule has 0 atom stereocenters. The van der Waals surface area contributed by atoms with Crippen molar-refractivity contribution in [2.75, 3.05) is 0 Å². The summed E-state index contributed by atoms with van der Waals surface area (Å²) in [7, 11) is 0. The van der Waals surface area contributed by atoms with Gasteiger partial charge in [0, 0.05) is 29.1 Å². The normalized spacial score (nSPS) is 11.0. The van der Waals surface area contributed by atoms with Crippen molar-refractivity contribution in [1.29, 1.82) is 0 Å². The van der Waals surface area contributed by atoms with Crippen molar-refractivity contribution in [3.05, 3.63) is 94.7 Å². The van der Waals surface area contributed by atoms with Crippen LogP contribution in [0.5, 0.6) is 0 Å². The minimum Gasteiger partial charge on any atom is -0.258 e. The number of pyridine rings is 1. The summed E-state index contributed by atoms with van der Waals surface area (Å²) in [6, 6.07) is 23.5. The topological polar surface area (TPSA) is 47.0 Å². The number of nitro groups is 1. The summed E-state index contributed by atoms with van der Waals surface area (Å²) in [6.45, 7) is 0.670. The van der Waals surface area contributed by atoms with Crippen molar-refractivity contribution < 1.29 is 9.49 Å². The van der Waals surface area contributed by atoms with Crippen LogP contribution in [0, 0.1) is 10.1 Å². The Balaban J connectivity index is 1.84. The Bertz CT molecular complexity index is 1060. The van der Waals surface area contributed by atoms with Gasteiger partial charge < -0.3 is 0 Å². The maximum absolute atomic E-state index is 10.8. The largest absolute Gasteiger partial charge is 0.269 e. The van der Waals surface area contributed by atoms with Gasteiger partial charge in [-0.1, -0.05) is 24.3 Å².